The molecule has 0 saturated heterocycles. The van der Waals surface area contributed by atoms with Crippen LogP contribution in [0.15, 0.2) is 30.3 Å². The second kappa shape index (κ2) is 5.22. The molecule has 2 rings (SSSR count). The van der Waals surface area contributed by atoms with Crippen LogP contribution in [0.1, 0.15) is 25.0 Å². The Morgan fingerprint density at radius 2 is 1.32 bits per heavy atom. The van der Waals surface area contributed by atoms with E-state index in [1.807, 2.05) is 19.9 Å². The van der Waals surface area contributed by atoms with E-state index in [0.29, 0.717) is 18.4 Å². The van der Waals surface area contributed by atoms with Gasteiger partial charge in [-0.25, -0.2) is 0 Å². The van der Waals surface area contributed by atoms with Gasteiger partial charge in [-0.15, -0.1) is 0 Å². The van der Waals surface area contributed by atoms with E-state index in [4.69, 9.17) is 0 Å². The Morgan fingerprint density at radius 3 is 1.79 bits per heavy atom. The largest absolute Gasteiger partial charge is 0.508 e. The van der Waals surface area contributed by atoms with Gasteiger partial charge < -0.3 is 15.3 Å². The molecule has 0 heterocycles. The first kappa shape index (κ1) is 13.3. The van der Waals surface area contributed by atoms with E-state index in [9.17, 15) is 15.3 Å². The van der Waals surface area contributed by atoms with E-state index >= 15 is 0 Å². The Balaban J connectivity index is 2.84. The maximum atomic E-state index is 10.0. The Morgan fingerprint density at radius 1 is 0.789 bits per heavy atom. The van der Waals surface area contributed by atoms with Crippen LogP contribution in [-0.4, -0.2) is 15.3 Å². The fourth-order valence-corrected chi connectivity index (χ4v) is 2.47. The highest BCUT2D eigenvalue weighted by Gasteiger charge is 2.18. The Kier molecular flexibility index (Phi) is 3.65. The lowest BCUT2D eigenvalue weighted by Crippen LogP contribution is -1.96. The van der Waals surface area contributed by atoms with Crippen LogP contribution in [0.3, 0.4) is 0 Å². The second-order valence-electron chi connectivity index (χ2n) is 4.47. The van der Waals surface area contributed by atoms with Crippen LogP contribution in [0.2, 0.25) is 0 Å². The number of benzene rings is 2. The zero-order valence-electron chi connectivity index (χ0n) is 11.1. The molecule has 0 radical (unpaired) electrons. The topological polar surface area (TPSA) is 60.7 Å². The van der Waals surface area contributed by atoms with Crippen molar-refractivity contribution in [2.24, 2.45) is 0 Å². The lowest BCUT2D eigenvalue weighted by atomic mass is 9.90. The average Bonchev–Trinajstić information content (AvgIpc) is 2.38. The fourth-order valence-electron chi connectivity index (χ4n) is 2.47. The van der Waals surface area contributed by atoms with Crippen LogP contribution in [0, 0.1) is 0 Å². The van der Waals surface area contributed by atoms with Gasteiger partial charge in [-0.3, -0.25) is 0 Å². The van der Waals surface area contributed by atoms with Gasteiger partial charge in [0.2, 0.25) is 0 Å². The zero-order valence-corrected chi connectivity index (χ0v) is 11.1. The molecule has 0 bridgehead atoms. The molecule has 0 amide bonds. The number of aromatic hydroxyl groups is 3. The third kappa shape index (κ3) is 2.24. The SMILES string of the molecule is CCc1c(O)cc(O)c(CC)c1-c1ccccc1O. The molecule has 19 heavy (non-hydrogen) atoms. The summed E-state index contributed by atoms with van der Waals surface area (Å²) in [5.41, 5.74) is 2.87. The molecule has 0 aliphatic heterocycles. The molecule has 0 saturated carbocycles. The predicted octanol–water partition coefficient (Wildman–Crippen LogP) is 3.60. The first-order chi connectivity index (χ1) is 9.10. The van der Waals surface area contributed by atoms with Crippen molar-refractivity contribution in [1.82, 2.24) is 0 Å². The fraction of sp³-hybridized carbons (Fsp3) is 0.250. The van der Waals surface area contributed by atoms with E-state index in [1.54, 1.807) is 18.2 Å². The van der Waals surface area contributed by atoms with Gasteiger partial charge in [0.25, 0.3) is 0 Å². The van der Waals surface area contributed by atoms with Crippen molar-refractivity contribution < 1.29 is 15.3 Å². The van der Waals surface area contributed by atoms with Gasteiger partial charge in [0.1, 0.15) is 17.2 Å². The van der Waals surface area contributed by atoms with Crippen molar-refractivity contribution in [1.29, 1.82) is 0 Å². The highest BCUT2D eigenvalue weighted by molar-refractivity contribution is 5.80. The normalized spacial score (nSPS) is 10.6. The average molecular weight is 258 g/mol. The first-order valence-electron chi connectivity index (χ1n) is 6.45. The molecule has 2 aromatic carbocycles. The van der Waals surface area contributed by atoms with Gasteiger partial charge in [-0.2, -0.15) is 0 Å². The molecule has 0 aliphatic rings. The molecule has 2 aromatic rings. The van der Waals surface area contributed by atoms with Crippen LogP contribution in [-0.2, 0) is 12.8 Å². The van der Waals surface area contributed by atoms with Crippen LogP contribution >= 0.6 is 0 Å². The molecule has 3 nitrogen and oxygen atoms in total. The Bertz CT molecular complexity index is 575. The number of phenols is 3. The Labute approximate surface area is 112 Å². The maximum absolute atomic E-state index is 10.0. The minimum Gasteiger partial charge on any atom is -0.508 e. The molecule has 0 fully saturated rings. The monoisotopic (exact) mass is 258 g/mol. The standard InChI is InChI=1S/C16H18O3/c1-3-10-14(18)9-15(19)11(4-2)16(10)12-7-5-6-8-13(12)17/h5-9,17-19H,3-4H2,1-2H3. The highest BCUT2D eigenvalue weighted by atomic mass is 16.3. The van der Waals surface area contributed by atoms with Gasteiger partial charge in [-0.1, -0.05) is 32.0 Å². The lowest BCUT2D eigenvalue weighted by molar-refractivity contribution is 0.443. The zero-order chi connectivity index (χ0) is 14.0. The number of phenolic OH excluding ortho intramolecular Hbond substituents is 3. The number of para-hydroxylation sites is 1. The van der Waals surface area contributed by atoms with E-state index in [0.717, 1.165) is 16.7 Å². The number of rotatable bonds is 3. The van der Waals surface area contributed by atoms with E-state index < -0.39 is 0 Å². The maximum Gasteiger partial charge on any atom is 0.123 e. The quantitative estimate of drug-likeness (QED) is 0.788. The van der Waals surface area contributed by atoms with Crippen molar-refractivity contribution in [3.05, 3.63) is 41.5 Å². The molecule has 100 valence electrons. The highest BCUT2D eigenvalue weighted by Crippen LogP contribution is 2.42. The van der Waals surface area contributed by atoms with Crippen LogP contribution < -0.4 is 0 Å². The van der Waals surface area contributed by atoms with Crippen molar-refractivity contribution in [3.8, 4) is 28.4 Å². The minimum atomic E-state index is 0.0652. The summed E-state index contributed by atoms with van der Waals surface area (Å²) in [6, 6.07) is 8.35. The van der Waals surface area contributed by atoms with E-state index in [2.05, 4.69) is 0 Å². The number of hydrogen-bond donors (Lipinski definition) is 3. The van der Waals surface area contributed by atoms with Gasteiger partial charge in [0.15, 0.2) is 0 Å². The third-order valence-electron chi connectivity index (χ3n) is 3.38. The molecule has 0 unspecified atom stereocenters. The molecular formula is C16H18O3. The van der Waals surface area contributed by atoms with Crippen LogP contribution in [0.25, 0.3) is 11.1 Å². The van der Waals surface area contributed by atoms with Crippen molar-refractivity contribution in [2.75, 3.05) is 0 Å². The molecule has 0 atom stereocenters. The molecule has 3 N–H and O–H groups in total. The summed E-state index contributed by atoms with van der Waals surface area (Å²) in [6.45, 7) is 3.88. The summed E-state index contributed by atoms with van der Waals surface area (Å²) in [5.74, 6) is 0.280. The molecular weight excluding hydrogens is 240 g/mol. The second-order valence-corrected chi connectivity index (χ2v) is 4.47. The van der Waals surface area contributed by atoms with Crippen LogP contribution in [0.5, 0.6) is 17.2 Å². The van der Waals surface area contributed by atoms with Crippen molar-refractivity contribution in [3.63, 3.8) is 0 Å². The van der Waals surface area contributed by atoms with Gasteiger partial charge in [-0.05, 0) is 24.5 Å². The van der Waals surface area contributed by atoms with Gasteiger partial charge in [0.05, 0.1) is 0 Å². The first-order valence-corrected chi connectivity index (χ1v) is 6.45. The molecule has 0 aliphatic carbocycles. The Hall–Kier alpha value is -2.16. The summed E-state index contributed by atoms with van der Waals surface area (Å²) in [7, 11) is 0. The van der Waals surface area contributed by atoms with Gasteiger partial charge in [0, 0.05) is 22.8 Å². The van der Waals surface area contributed by atoms with Crippen LogP contribution in [0.4, 0.5) is 0 Å². The summed E-state index contributed by atoms with van der Waals surface area (Å²) in [6.07, 6.45) is 1.26. The molecule has 0 spiro atoms. The van der Waals surface area contributed by atoms with E-state index in [1.165, 1.54) is 6.07 Å². The summed E-state index contributed by atoms with van der Waals surface area (Å²) in [5, 5.41) is 30.0. The van der Waals surface area contributed by atoms with Crippen molar-refractivity contribution in [2.45, 2.75) is 26.7 Å². The smallest absolute Gasteiger partial charge is 0.123 e. The summed E-state index contributed by atoms with van der Waals surface area (Å²) >= 11 is 0. The molecule has 3 heteroatoms. The lowest BCUT2D eigenvalue weighted by Gasteiger charge is -2.17. The summed E-state index contributed by atoms with van der Waals surface area (Å²) in [4.78, 5) is 0. The van der Waals surface area contributed by atoms with E-state index in [-0.39, 0.29) is 17.2 Å². The third-order valence-corrected chi connectivity index (χ3v) is 3.38. The predicted molar refractivity (Wildman–Crippen MR) is 75.6 cm³/mol. The molecule has 0 aromatic heterocycles. The number of hydrogen-bond acceptors (Lipinski definition) is 3. The van der Waals surface area contributed by atoms with Gasteiger partial charge >= 0.3 is 0 Å². The summed E-state index contributed by atoms with van der Waals surface area (Å²) < 4.78 is 0. The van der Waals surface area contributed by atoms with Crippen molar-refractivity contribution >= 4 is 0 Å². The minimum absolute atomic E-state index is 0.0652.